The highest BCUT2D eigenvalue weighted by molar-refractivity contribution is 5.96. The van der Waals surface area contributed by atoms with E-state index in [4.69, 9.17) is 9.47 Å². The SMILES string of the molecule is Cc1cccc(C(C)C)c1NC(=O)[C@@H](C)OC(=O)COc1ccccc1[N+](=O)[O-]. The van der Waals surface area contributed by atoms with Gasteiger partial charge in [0, 0.05) is 11.8 Å². The van der Waals surface area contributed by atoms with Crippen LogP contribution in [0.4, 0.5) is 11.4 Å². The number of hydrogen-bond donors (Lipinski definition) is 1. The highest BCUT2D eigenvalue weighted by atomic mass is 16.6. The molecular formula is C21H24N2O6. The minimum Gasteiger partial charge on any atom is -0.475 e. The lowest BCUT2D eigenvalue weighted by Crippen LogP contribution is -2.32. The standard InChI is InChI=1S/C21H24N2O6/c1-13(2)16-9-7-8-14(3)20(16)22-21(25)15(4)29-19(24)12-28-18-11-6-5-10-17(18)23(26)27/h5-11,13,15H,12H2,1-4H3,(H,22,25)/t15-/m1/s1. The maximum Gasteiger partial charge on any atom is 0.344 e. The minimum atomic E-state index is -1.06. The van der Waals surface area contributed by atoms with Crippen molar-refractivity contribution in [2.45, 2.75) is 39.7 Å². The van der Waals surface area contributed by atoms with Crippen molar-refractivity contribution in [1.82, 2.24) is 0 Å². The normalized spacial score (nSPS) is 11.6. The third-order valence-corrected chi connectivity index (χ3v) is 4.26. The summed E-state index contributed by atoms with van der Waals surface area (Å²) in [6, 6.07) is 11.4. The van der Waals surface area contributed by atoms with E-state index in [1.165, 1.54) is 25.1 Å². The number of nitrogens with one attached hydrogen (secondary N) is 1. The molecule has 0 aliphatic carbocycles. The zero-order valence-electron chi connectivity index (χ0n) is 16.8. The van der Waals surface area contributed by atoms with Crippen LogP contribution < -0.4 is 10.1 Å². The van der Waals surface area contributed by atoms with Crippen LogP contribution in [-0.4, -0.2) is 29.5 Å². The smallest absolute Gasteiger partial charge is 0.344 e. The zero-order chi connectivity index (χ0) is 21.6. The van der Waals surface area contributed by atoms with Gasteiger partial charge in [-0.05, 0) is 37.0 Å². The molecular weight excluding hydrogens is 376 g/mol. The Labute approximate surface area is 169 Å². The molecule has 1 atom stereocenters. The number of hydrogen-bond acceptors (Lipinski definition) is 6. The lowest BCUT2D eigenvalue weighted by molar-refractivity contribution is -0.385. The van der Waals surface area contributed by atoms with Crippen LogP contribution in [0.3, 0.4) is 0 Å². The van der Waals surface area contributed by atoms with Crippen LogP contribution in [0.2, 0.25) is 0 Å². The molecule has 0 spiro atoms. The number of nitrogens with zero attached hydrogens (tertiary/aromatic N) is 1. The summed E-state index contributed by atoms with van der Waals surface area (Å²) in [7, 11) is 0. The summed E-state index contributed by atoms with van der Waals surface area (Å²) in [6.45, 7) is 6.83. The summed E-state index contributed by atoms with van der Waals surface area (Å²) in [6.07, 6.45) is -1.06. The molecule has 0 fully saturated rings. The largest absolute Gasteiger partial charge is 0.475 e. The fraction of sp³-hybridized carbons (Fsp3) is 0.333. The molecule has 0 aromatic heterocycles. The fourth-order valence-corrected chi connectivity index (χ4v) is 2.72. The second-order valence-electron chi connectivity index (χ2n) is 6.83. The maximum absolute atomic E-state index is 12.5. The van der Waals surface area contributed by atoms with E-state index in [1.807, 2.05) is 39.0 Å². The highest BCUT2D eigenvalue weighted by Crippen LogP contribution is 2.28. The number of benzene rings is 2. The van der Waals surface area contributed by atoms with Gasteiger partial charge in [0.1, 0.15) is 0 Å². The van der Waals surface area contributed by atoms with E-state index in [-0.39, 0.29) is 17.4 Å². The van der Waals surface area contributed by atoms with Gasteiger partial charge in [-0.2, -0.15) is 0 Å². The summed E-state index contributed by atoms with van der Waals surface area (Å²) in [5.41, 5.74) is 2.33. The Morgan fingerprint density at radius 2 is 1.79 bits per heavy atom. The average molecular weight is 400 g/mol. The molecule has 1 amide bonds. The number of ether oxygens (including phenoxy) is 2. The Kier molecular flexibility index (Phi) is 7.30. The van der Waals surface area contributed by atoms with Gasteiger partial charge < -0.3 is 14.8 Å². The van der Waals surface area contributed by atoms with E-state index in [0.29, 0.717) is 5.69 Å². The van der Waals surface area contributed by atoms with Gasteiger partial charge in [-0.1, -0.05) is 44.2 Å². The Morgan fingerprint density at radius 3 is 2.45 bits per heavy atom. The van der Waals surface area contributed by atoms with Crippen molar-refractivity contribution >= 4 is 23.3 Å². The zero-order valence-corrected chi connectivity index (χ0v) is 16.8. The molecule has 1 N–H and O–H groups in total. The maximum atomic E-state index is 12.5. The van der Waals surface area contributed by atoms with Gasteiger partial charge in [-0.3, -0.25) is 14.9 Å². The predicted octanol–water partition coefficient (Wildman–Crippen LogP) is 3.98. The molecule has 8 heteroatoms. The highest BCUT2D eigenvalue weighted by Gasteiger charge is 2.22. The third-order valence-electron chi connectivity index (χ3n) is 4.26. The van der Waals surface area contributed by atoms with Crippen LogP contribution >= 0.6 is 0 Å². The second kappa shape index (κ2) is 9.68. The number of carbonyl (C=O) groups excluding carboxylic acids is 2. The average Bonchev–Trinajstić information content (AvgIpc) is 2.67. The van der Waals surface area contributed by atoms with Crippen LogP contribution in [0, 0.1) is 17.0 Å². The van der Waals surface area contributed by atoms with E-state index < -0.39 is 29.5 Å². The van der Waals surface area contributed by atoms with E-state index in [0.717, 1.165) is 11.1 Å². The van der Waals surface area contributed by atoms with Gasteiger partial charge in [-0.25, -0.2) is 4.79 Å². The number of nitro groups is 1. The van der Waals surface area contributed by atoms with Crippen molar-refractivity contribution in [3.05, 3.63) is 63.7 Å². The first kappa shape index (κ1) is 21.9. The molecule has 0 saturated heterocycles. The van der Waals surface area contributed by atoms with E-state index in [2.05, 4.69) is 5.32 Å². The second-order valence-corrected chi connectivity index (χ2v) is 6.83. The molecule has 0 radical (unpaired) electrons. The fourth-order valence-electron chi connectivity index (χ4n) is 2.72. The number of nitro benzene ring substituents is 1. The Hall–Kier alpha value is -3.42. The predicted molar refractivity (Wildman–Crippen MR) is 108 cm³/mol. The first-order chi connectivity index (χ1) is 13.7. The topological polar surface area (TPSA) is 108 Å². The molecule has 29 heavy (non-hydrogen) atoms. The Morgan fingerprint density at radius 1 is 1.10 bits per heavy atom. The monoisotopic (exact) mass is 400 g/mol. The van der Waals surface area contributed by atoms with Crippen molar-refractivity contribution in [1.29, 1.82) is 0 Å². The van der Waals surface area contributed by atoms with Crippen LogP contribution in [0.25, 0.3) is 0 Å². The van der Waals surface area contributed by atoms with Gasteiger partial charge in [-0.15, -0.1) is 0 Å². The first-order valence-corrected chi connectivity index (χ1v) is 9.16. The van der Waals surface area contributed by atoms with Gasteiger partial charge >= 0.3 is 11.7 Å². The summed E-state index contributed by atoms with van der Waals surface area (Å²) < 4.78 is 10.3. The lowest BCUT2D eigenvalue weighted by Gasteiger charge is -2.19. The van der Waals surface area contributed by atoms with Crippen LogP contribution in [-0.2, 0) is 14.3 Å². The summed E-state index contributed by atoms with van der Waals surface area (Å²) in [5, 5.41) is 13.8. The van der Waals surface area contributed by atoms with Gasteiger partial charge in [0.05, 0.1) is 4.92 Å². The minimum absolute atomic E-state index is 0.0481. The van der Waals surface area contributed by atoms with Crippen LogP contribution in [0.1, 0.15) is 37.8 Å². The molecule has 8 nitrogen and oxygen atoms in total. The summed E-state index contributed by atoms with van der Waals surface area (Å²) in [5.74, 6) is -1.12. The van der Waals surface area contributed by atoms with E-state index in [9.17, 15) is 19.7 Å². The van der Waals surface area contributed by atoms with Crippen molar-refractivity contribution < 1.29 is 24.0 Å². The van der Waals surface area contributed by atoms with E-state index in [1.54, 1.807) is 6.07 Å². The molecule has 154 valence electrons. The summed E-state index contributed by atoms with van der Waals surface area (Å²) in [4.78, 5) is 34.8. The van der Waals surface area contributed by atoms with Crippen molar-refractivity contribution in [3.8, 4) is 5.75 Å². The van der Waals surface area contributed by atoms with Gasteiger partial charge in [0.15, 0.2) is 18.5 Å². The third kappa shape index (κ3) is 5.78. The lowest BCUT2D eigenvalue weighted by atomic mass is 9.98. The molecule has 0 bridgehead atoms. The molecule has 0 aliphatic rings. The molecule has 0 aliphatic heterocycles. The van der Waals surface area contributed by atoms with Crippen molar-refractivity contribution in [2.24, 2.45) is 0 Å². The number of amides is 1. The first-order valence-electron chi connectivity index (χ1n) is 9.16. The number of carbonyl (C=O) groups is 2. The van der Waals surface area contributed by atoms with E-state index >= 15 is 0 Å². The van der Waals surface area contributed by atoms with Crippen LogP contribution in [0.5, 0.6) is 5.75 Å². The molecule has 0 saturated carbocycles. The van der Waals surface area contributed by atoms with Crippen molar-refractivity contribution in [3.63, 3.8) is 0 Å². The quantitative estimate of drug-likeness (QED) is 0.408. The Bertz CT molecular complexity index is 910. The van der Waals surface area contributed by atoms with Gasteiger partial charge in [0.25, 0.3) is 5.91 Å². The number of esters is 1. The number of rotatable bonds is 8. The molecule has 0 unspecified atom stereocenters. The molecule has 2 aromatic rings. The molecule has 0 heterocycles. The van der Waals surface area contributed by atoms with Crippen LogP contribution in [0.15, 0.2) is 42.5 Å². The molecule has 2 rings (SSSR count). The molecule has 2 aromatic carbocycles. The number of aryl methyl sites for hydroxylation is 1. The number of anilines is 1. The summed E-state index contributed by atoms with van der Waals surface area (Å²) >= 11 is 0. The van der Waals surface area contributed by atoms with Crippen molar-refractivity contribution in [2.75, 3.05) is 11.9 Å². The Balaban J connectivity index is 1.97. The number of para-hydroxylation sites is 3. The van der Waals surface area contributed by atoms with Gasteiger partial charge in [0.2, 0.25) is 0 Å².